The number of nitrogens with zero attached hydrogens (tertiary/aromatic N) is 2. The monoisotopic (exact) mass is 341 g/mol. The van der Waals surface area contributed by atoms with Gasteiger partial charge in [-0.25, -0.2) is 5.43 Å². The molecule has 0 aliphatic heterocycles. The number of nitrogens with one attached hydrogen (secondary N) is 1. The van der Waals surface area contributed by atoms with Gasteiger partial charge >= 0.3 is 0 Å². The second-order valence-corrected chi connectivity index (χ2v) is 5.31. The summed E-state index contributed by atoms with van der Waals surface area (Å²) in [5.41, 5.74) is 3.94. The van der Waals surface area contributed by atoms with E-state index in [1.165, 1.54) is 6.21 Å². The number of hydrogen-bond donors (Lipinski definition) is 1. The second-order valence-electron chi connectivity index (χ2n) is 5.31. The fourth-order valence-corrected chi connectivity index (χ4v) is 2.29. The minimum absolute atomic E-state index is 0.363. The van der Waals surface area contributed by atoms with Gasteiger partial charge in [0.25, 0.3) is 5.91 Å². The van der Waals surface area contributed by atoms with Crippen LogP contribution in [0.25, 0.3) is 0 Å². The molecular weight excluding hydrogens is 326 g/mol. The summed E-state index contributed by atoms with van der Waals surface area (Å²) >= 11 is 0. The van der Waals surface area contributed by atoms with E-state index >= 15 is 0 Å². The number of carbonyl (C=O) groups excluding carboxylic acids is 1. The second kappa shape index (κ2) is 8.27. The van der Waals surface area contributed by atoms with Crippen molar-refractivity contribution in [3.05, 3.63) is 95.6 Å². The van der Waals surface area contributed by atoms with Gasteiger partial charge in [-0.3, -0.25) is 4.79 Å². The molecule has 0 fully saturated rings. The molecule has 3 aromatic carbocycles. The number of ether oxygens (including phenoxy) is 1. The first-order chi connectivity index (χ1) is 12.8. The molecule has 0 atom stereocenters. The molecule has 0 aromatic heterocycles. The number of nitriles is 1. The Morgan fingerprint density at radius 2 is 1.65 bits per heavy atom. The summed E-state index contributed by atoms with van der Waals surface area (Å²) in [5.74, 6) is 0.672. The average Bonchev–Trinajstić information content (AvgIpc) is 2.69. The lowest BCUT2D eigenvalue weighted by atomic mass is 10.1. The third-order valence-corrected chi connectivity index (χ3v) is 3.55. The Morgan fingerprint density at radius 3 is 2.46 bits per heavy atom. The molecule has 0 aliphatic carbocycles. The molecule has 0 heterocycles. The molecule has 0 radical (unpaired) electrons. The number of amides is 1. The zero-order valence-electron chi connectivity index (χ0n) is 13.8. The van der Waals surface area contributed by atoms with E-state index in [1.807, 2.05) is 30.3 Å². The first kappa shape index (κ1) is 16.9. The molecule has 0 bridgehead atoms. The number of hydrazone groups is 1. The number of hydrogen-bond acceptors (Lipinski definition) is 4. The summed E-state index contributed by atoms with van der Waals surface area (Å²) in [6.07, 6.45) is 1.44. The van der Waals surface area contributed by atoms with Crippen LogP contribution in [0.5, 0.6) is 11.5 Å². The largest absolute Gasteiger partial charge is 0.457 e. The number of rotatable bonds is 5. The van der Waals surface area contributed by atoms with Crippen LogP contribution in [-0.4, -0.2) is 12.1 Å². The van der Waals surface area contributed by atoms with E-state index in [9.17, 15) is 4.79 Å². The van der Waals surface area contributed by atoms with E-state index in [0.717, 1.165) is 0 Å². The van der Waals surface area contributed by atoms with E-state index in [1.54, 1.807) is 48.5 Å². The van der Waals surface area contributed by atoms with Gasteiger partial charge in [-0.1, -0.05) is 48.5 Å². The van der Waals surface area contributed by atoms with E-state index in [0.29, 0.717) is 28.2 Å². The van der Waals surface area contributed by atoms with Gasteiger partial charge in [0.15, 0.2) is 0 Å². The van der Waals surface area contributed by atoms with Crippen molar-refractivity contribution in [2.75, 3.05) is 0 Å². The maximum atomic E-state index is 12.4. The van der Waals surface area contributed by atoms with Crippen LogP contribution < -0.4 is 10.2 Å². The first-order valence-corrected chi connectivity index (χ1v) is 7.92. The van der Waals surface area contributed by atoms with Gasteiger partial charge in [0, 0.05) is 5.56 Å². The van der Waals surface area contributed by atoms with Crippen LogP contribution in [0.4, 0.5) is 0 Å². The van der Waals surface area contributed by atoms with Crippen LogP contribution in [0.2, 0.25) is 0 Å². The summed E-state index contributed by atoms with van der Waals surface area (Å²) in [5, 5.41) is 13.0. The number of carbonyl (C=O) groups is 1. The van der Waals surface area contributed by atoms with Crippen LogP contribution >= 0.6 is 0 Å². The zero-order valence-corrected chi connectivity index (χ0v) is 13.8. The van der Waals surface area contributed by atoms with Crippen molar-refractivity contribution in [3.63, 3.8) is 0 Å². The Bertz CT molecular complexity index is 976. The van der Waals surface area contributed by atoms with Crippen LogP contribution in [-0.2, 0) is 0 Å². The van der Waals surface area contributed by atoms with Gasteiger partial charge in [-0.2, -0.15) is 10.4 Å². The van der Waals surface area contributed by atoms with E-state index in [-0.39, 0.29) is 0 Å². The first-order valence-electron chi connectivity index (χ1n) is 7.92. The van der Waals surface area contributed by atoms with Crippen LogP contribution in [0, 0.1) is 11.3 Å². The number of para-hydroxylation sites is 2. The molecule has 0 spiro atoms. The molecule has 1 amide bonds. The zero-order chi connectivity index (χ0) is 18.2. The summed E-state index contributed by atoms with van der Waals surface area (Å²) < 4.78 is 5.78. The van der Waals surface area contributed by atoms with E-state index < -0.39 is 5.91 Å². The van der Waals surface area contributed by atoms with Crippen LogP contribution in [0.15, 0.2) is 84.0 Å². The van der Waals surface area contributed by atoms with Crippen molar-refractivity contribution in [2.45, 2.75) is 0 Å². The van der Waals surface area contributed by atoms with Crippen molar-refractivity contribution >= 4 is 12.1 Å². The molecule has 0 saturated heterocycles. The molecule has 3 aromatic rings. The highest BCUT2D eigenvalue weighted by Crippen LogP contribution is 2.24. The molecule has 1 N–H and O–H groups in total. The fraction of sp³-hybridized carbons (Fsp3) is 0. The lowest BCUT2D eigenvalue weighted by Gasteiger charge is -2.09. The SMILES string of the molecule is N#Cc1ccccc1C=NNC(=O)c1ccccc1Oc1ccccc1. The predicted molar refractivity (Wildman–Crippen MR) is 99.2 cm³/mol. The molecule has 0 unspecified atom stereocenters. The van der Waals surface area contributed by atoms with Gasteiger partial charge in [-0.15, -0.1) is 0 Å². The lowest BCUT2D eigenvalue weighted by molar-refractivity contribution is 0.0953. The maximum absolute atomic E-state index is 12.4. The Labute approximate surface area is 151 Å². The third-order valence-electron chi connectivity index (χ3n) is 3.55. The van der Waals surface area contributed by atoms with Gasteiger partial charge in [0.2, 0.25) is 0 Å². The lowest BCUT2D eigenvalue weighted by Crippen LogP contribution is -2.18. The van der Waals surface area contributed by atoms with Crippen molar-refractivity contribution < 1.29 is 9.53 Å². The Morgan fingerprint density at radius 1 is 0.962 bits per heavy atom. The highest BCUT2D eigenvalue weighted by atomic mass is 16.5. The highest BCUT2D eigenvalue weighted by Gasteiger charge is 2.12. The summed E-state index contributed by atoms with van der Waals surface area (Å²) in [6.45, 7) is 0. The van der Waals surface area contributed by atoms with Crippen LogP contribution in [0.3, 0.4) is 0 Å². The Balaban J connectivity index is 1.74. The molecular formula is C21H15N3O2. The van der Waals surface area contributed by atoms with Crippen LogP contribution in [0.1, 0.15) is 21.5 Å². The average molecular weight is 341 g/mol. The van der Waals surface area contributed by atoms with Crippen molar-refractivity contribution in [3.8, 4) is 17.6 Å². The van der Waals surface area contributed by atoms with Crippen molar-refractivity contribution in [1.82, 2.24) is 5.43 Å². The van der Waals surface area contributed by atoms with Crippen molar-refractivity contribution in [2.24, 2.45) is 5.10 Å². The maximum Gasteiger partial charge on any atom is 0.275 e. The smallest absolute Gasteiger partial charge is 0.275 e. The minimum Gasteiger partial charge on any atom is -0.457 e. The van der Waals surface area contributed by atoms with E-state index in [2.05, 4.69) is 16.6 Å². The molecule has 0 aliphatic rings. The van der Waals surface area contributed by atoms with Gasteiger partial charge < -0.3 is 4.74 Å². The van der Waals surface area contributed by atoms with Gasteiger partial charge in [0.1, 0.15) is 11.5 Å². The predicted octanol–water partition coefficient (Wildman–Crippen LogP) is 4.11. The van der Waals surface area contributed by atoms with Gasteiger partial charge in [0.05, 0.1) is 23.4 Å². The standard InChI is InChI=1S/C21H15N3O2/c22-14-16-8-4-5-9-17(16)15-23-24-21(25)19-12-6-7-13-20(19)26-18-10-2-1-3-11-18/h1-13,15H,(H,24,25). The summed E-state index contributed by atoms with van der Waals surface area (Å²) in [7, 11) is 0. The molecule has 5 heteroatoms. The Hall–Kier alpha value is -3.91. The van der Waals surface area contributed by atoms with E-state index in [4.69, 9.17) is 10.00 Å². The molecule has 5 nitrogen and oxygen atoms in total. The Kier molecular flexibility index (Phi) is 5.38. The summed E-state index contributed by atoms with van der Waals surface area (Å²) in [6, 6.07) is 25.2. The summed E-state index contributed by atoms with van der Waals surface area (Å²) in [4.78, 5) is 12.4. The third kappa shape index (κ3) is 4.13. The molecule has 3 rings (SSSR count). The molecule has 126 valence electrons. The topological polar surface area (TPSA) is 74.5 Å². The quantitative estimate of drug-likeness (QED) is 0.560. The van der Waals surface area contributed by atoms with Crippen molar-refractivity contribution in [1.29, 1.82) is 5.26 Å². The molecule has 0 saturated carbocycles. The minimum atomic E-state index is -0.401. The normalized spacial score (nSPS) is 10.3. The number of benzene rings is 3. The molecule has 26 heavy (non-hydrogen) atoms. The van der Waals surface area contributed by atoms with Gasteiger partial charge in [-0.05, 0) is 30.3 Å². The highest BCUT2D eigenvalue weighted by molar-refractivity contribution is 5.97. The fourth-order valence-electron chi connectivity index (χ4n) is 2.29.